The molecule has 0 spiro atoms. The maximum absolute atomic E-state index is 12.0. The SMILES string of the molecule is COc1ccc2c(COC(=O)COc3ccc(Cl)c(C)c3)cc(=O)oc2c1. The summed E-state index contributed by atoms with van der Waals surface area (Å²) in [5, 5.41) is 1.29. The minimum atomic E-state index is -0.558. The number of halogens is 1. The highest BCUT2D eigenvalue weighted by Gasteiger charge is 2.11. The third kappa shape index (κ3) is 4.60. The van der Waals surface area contributed by atoms with Gasteiger partial charge in [0.15, 0.2) is 6.61 Å². The Kier molecular flexibility index (Phi) is 5.66. The number of carbonyl (C=O) groups excluding carboxylic acids is 1. The number of hydrogen-bond acceptors (Lipinski definition) is 6. The van der Waals surface area contributed by atoms with Gasteiger partial charge in [-0.25, -0.2) is 9.59 Å². The van der Waals surface area contributed by atoms with E-state index >= 15 is 0 Å². The molecule has 1 aromatic heterocycles. The van der Waals surface area contributed by atoms with Crippen molar-refractivity contribution >= 4 is 28.5 Å². The van der Waals surface area contributed by atoms with Gasteiger partial charge in [-0.15, -0.1) is 0 Å². The molecule has 0 saturated heterocycles. The number of benzene rings is 2. The van der Waals surface area contributed by atoms with Gasteiger partial charge in [0.05, 0.1) is 7.11 Å². The van der Waals surface area contributed by atoms with E-state index in [4.69, 9.17) is 30.2 Å². The van der Waals surface area contributed by atoms with Crippen LogP contribution in [-0.4, -0.2) is 19.7 Å². The van der Waals surface area contributed by atoms with E-state index < -0.39 is 11.6 Å². The molecular formula is C20H17ClO6. The Bertz CT molecular complexity index is 1040. The van der Waals surface area contributed by atoms with Crippen molar-refractivity contribution in [3.63, 3.8) is 0 Å². The molecular weight excluding hydrogens is 372 g/mol. The highest BCUT2D eigenvalue weighted by atomic mass is 35.5. The number of ether oxygens (including phenoxy) is 3. The molecule has 2 aromatic carbocycles. The number of esters is 1. The van der Waals surface area contributed by atoms with Crippen molar-refractivity contribution in [2.75, 3.05) is 13.7 Å². The maximum atomic E-state index is 12.0. The van der Waals surface area contributed by atoms with Crippen LogP contribution in [0.15, 0.2) is 51.7 Å². The molecule has 0 unspecified atom stereocenters. The molecule has 0 aliphatic heterocycles. The normalized spacial score (nSPS) is 10.6. The average molecular weight is 389 g/mol. The number of aryl methyl sites for hydroxylation is 1. The molecule has 7 heteroatoms. The molecule has 3 aromatic rings. The summed E-state index contributed by atoms with van der Waals surface area (Å²) in [6.07, 6.45) is 0. The molecule has 0 radical (unpaired) electrons. The summed E-state index contributed by atoms with van der Waals surface area (Å²) in [4.78, 5) is 23.7. The van der Waals surface area contributed by atoms with E-state index in [0.29, 0.717) is 33.1 Å². The molecule has 0 aliphatic carbocycles. The van der Waals surface area contributed by atoms with Gasteiger partial charge in [-0.05, 0) is 42.8 Å². The number of methoxy groups -OCH3 is 1. The number of carbonyl (C=O) groups is 1. The fraction of sp³-hybridized carbons (Fsp3) is 0.200. The van der Waals surface area contributed by atoms with Gasteiger partial charge in [-0.2, -0.15) is 0 Å². The van der Waals surface area contributed by atoms with Crippen molar-refractivity contribution < 1.29 is 23.4 Å². The highest BCUT2D eigenvalue weighted by molar-refractivity contribution is 6.31. The van der Waals surface area contributed by atoms with Crippen molar-refractivity contribution in [3.05, 3.63) is 69.0 Å². The zero-order valence-electron chi connectivity index (χ0n) is 14.8. The molecule has 1 heterocycles. The standard InChI is InChI=1S/C20H17ClO6/c1-12-7-15(4-6-17(12)21)25-11-20(23)26-10-13-8-19(22)27-18-9-14(24-2)3-5-16(13)18/h3-9H,10-11H2,1-2H3. The summed E-state index contributed by atoms with van der Waals surface area (Å²) in [7, 11) is 1.52. The molecule has 27 heavy (non-hydrogen) atoms. The van der Waals surface area contributed by atoms with Gasteiger partial charge in [-0.1, -0.05) is 11.6 Å². The van der Waals surface area contributed by atoms with Gasteiger partial charge in [0.2, 0.25) is 0 Å². The second-order valence-electron chi connectivity index (χ2n) is 5.81. The first-order valence-electron chi connectivity index (χ1n) is 8.11. The molecule has 0 saturated carbocycles. The van der Waals surface area contributed by atoms with Gasteiger partial charge >= 0.3 is 11.6 Å². The van der Waals surface area contributed by atoms with Crippen LogP contribution >= 0.6 is 11.6 Å². The largest absolute Gasteiger partial charge is 0.497 e. The lowest BCUT2D eigenvalue weighted by Crippen LogP contribution is -2.15. The monoisotopic (exact) mass is 388 g/mol. The molecule has 0 N–H and O–H groups in total. The molecule has 0 fully saturated rings. The molecule has 3 rings (SSSR count). The quantitative estimate of drug-likeness (QED) is 0.471. The summed E-state index contributed by atoms with van der Waals surface area (Å²) in [6.45, 7) is 1.51. The van der Waals surface area contributed by atoms with E-state index in [0.717, 1.165) is 5.56 Å². The lowest BCUT2D eigenvalue weighted by atomic mass is 10.1. The van der Waals surface area contributed by atoms with Crippen molar-refractivity contribution in [2.45, 2.75) is 13.5 Å². The zero-order valence-corrected chi connectivity index (χ0v) is 15.5. The molecule has 0 bridgehead atoms. The third-order valence-corrected chi connectivity index (χ3v) is 4.34. The van der Waals surface area contributed by atoms with E-state index in [2.05, 4.69) is 0 Å². The Morgan fingerprint density at radius 2 is 1.89 bits per heavy atom. The zero-order chi connectivity index (χ0) is 19.4. The predicted molar refractivity (Wildman–Crippen MR) is 101 cm³/mol. The van der Waals surface area contributed by atoms with Crippen LogP contribution in [0, 0.1) is 6.92 Å². The Morgan fingerprint density at radius 1 is 1.11 bits per heavy atom. The van der Waals surface area contributed by atoms with Crippen molar-refractivity contribution in [1.82, 2.24) is 0 Å². The van der Waals surface area contributed by atoms with E-state index in [-0.39, 0.29) is 13.2 Å². The van der Waals surface area contributed by atoms with E-state index in [1.165, 1.54) is 13.2 Å². The van der Waals surface area contributed by atoms with Crippen LogP contribution in [-0.2, 0) is 16.1 Å². The van der Waals surface area contributed by atoms with Gasteiger partial charge < -0.3 is 18.6 Å². The van der Waals surface area contributed by atoms with Crippen LogP contribution in [0.2, 0.25) is 5.02 Å². The molecule has 0 amide bonds. The number of fused-ring (bicyclic) bond motifs is 1. The van der Waals surface area contributed by atoms with Crippen molar-refractivity contribution in [1.29, 1.82) is 0 Å². The second-order valence-corrected chi connectivity index (χ2v) is 6.22. The lowest BCUT2D eigenvalue weighted by Gasteiger charge is -2.10. The maximum Gasteiger partial charge on any atom is 0.344 e. The topological polar surface area (TPSA) is 75.0 Å². The van der Waals surface area contributed by atoms with Gasteiger partial charge in [0.25, 0.3) is 0 Å². The molecule has 140 valence electrons. The Hall–Kier alpha value is -2.99. The molecule has 0 aliphatic rings. The number of hydrogen-bond donors (Lipinski definition) is 0. The van der Waals surface area contributed by atoms with Crippen LogP contribution in [0.3, 0.4) is 0 Å². The van der Waals surface area contributed by atoms with E-state index in [1.54, 1.807) is 36.4 Å². The van der Waals surface area contributed by atoms with Crippen LogP contribution in [0.1, 0.15) is 11.1 Å². The van der Waals surface area contributed by atoms with Gasteiger partial charge in [0, 0.05) is 28.1 Å². The summed E-state index contributed by atoms with van der Waals surface area (Å²) >= 11 is 5.95. The van der Waals surface area contributed by atoms with E-state index in [1.807, 2.05) is 6.92 Å². The summed E-state index contributed by atoms with van der Waals surface area (Å²) in [5.41, 5.74) is 1.22. The first-order chi connectivity index (χ1) is 13.0. The van der Waals surface area contributed by atoms with Crippen molar-refractivity contribution in [2.24, 2.45) is 0 Å². The van der Waals surface area contributed by atoms with Gasteiger partial charge in [0.1, 0.15) is 23.7 Å². The third-order valence-electron chi connectivity index (χ3n) is 3.91. The van der Waals surface area contributed by atoms with E-state index in [9.17, 15) is 9.59 Å². The smallest absolute Gasteiger partial charge is 0.344 e. The fourth-order valence-electron chi connectivity index (χ4n) is 2.51. The average Bonchev–Trinajstić information content (AvgIpc) is 2.66. The first-order valence-corrected chi connectivity index (χ1v) is 8.49. The second kappa shape index (κ2) is 8.14. The van der Waals surface area contributed by atoms with Crippen LogP contribution in [0.5, 0.6) is 11.5 Å². The first kappa shape index (κ1) is 18.8. The van der Waals surface area contributed by atoms with Crippen LogP contribution in [0.25, 0.3) is 11.0 Å². The van der Waals surface area contributed by atoms with Crippen LogP contribution < -0.4 is 15.1 Å². The summed E-state index contributed by atoms with van der Waals surface area (Å²) in [6, 6.07) is 11.5. The number of rotatable bonds is 6. The predicted octanol–water partition coefficient (Wildman–Crippen LogP) is 3.89. The minimum absolute atomic E-state index is 0.0731. The lowest BCUT2D eigenvalue weighted by molar-refractivity contribution is -0.147. The summed E-state index contributed by atoms with van der Waals surface area (Å²) < 4.78 is 20.9. The molecule has 0 atom stereocenters. The van der Waals surface area contributed by atoms with Crippen LogP contribution in [0.4, 0.5) is 0 Å². The van der Waals surface area contributed by atoms with Gasteiger partial charge in [-0.3, -0.25) is 0 Å². The Balaban J connectivity index is 1.66. The summed E-state index contributed by atoms with van der Waals surface area (Å²) in [5.74, 6) is 0.524. The minimum Gasteiger partial charge on any atom is -0.497 e. The highest BCUT2D eigenvalue weighted by Crippen LogP contribution is 2.23. The fourth-order valence-corrected chi connectivity index (χ4v) is 2.62. The Labute approximate surface area is 160 Å². The molecule has 6 nitrogen and oxygen atoms in total. The Morgan fingerprint density at radius 3 is 2.63 bits per heavy atom. The van der Waals surface area contributed by atoms with Crippen molar-refractivity contribution in [3.8, 4) is 11.5 Å².